The van der Waals surface area contributed by atoms with E-state index < -0.39 is 0 Å². The average Bonchev–Trinajstić information content (AvgIpc) is 2.91. The van der Waals surface area contributed by atoms with E-state index in [9.17, 15) is 4.79 Å². The summed E-state index contributed by atoms with van der Waals surface area (Å²) in [5.41, 5.74) is 6.40. The van der Waals surface area contributed by atoms with Crippen LogP contribution >= 0.6 is 11.6 Å². The first kappa shape index (κ1) is 26.2. The van der Waals surface area contributed by atoms with Crippen LogP contribution in [0.2, 0.25) is 5.02 Å². The van der Waals surface area contributed by atoms with E-state index in [1.54, 1.807) is 4.57 Å². The van der Waals surface area contributed by atoms with Crippen molar-refractivity contribution in [3.05, 3.63) is 140 Å². The first-order valence-electron chi connectivity index (χ1n) is 12.9. The standard InChI is InChI=1S/C35H29ClN2O/c1-24-22-27(13-12-25-14-18-28(19-15-25)35(2,3)4)16-20-32(24)38-33(21-17-26-8-7-9-29(36)23-26)37-31-11-6-5-10-30(31)34(38)39/h5-11,14-23H,1-4H3/b21-17+. The van der Waals surface area contributed by atoms with E-state index in [4.69, 9.17) is 16.6 Å². The summed E-state index contributed by atoms with van der Waals surface area (Å²) in [4.78, 5) is 18.5. The summed E-state index contributed by atoms with van der Waals surface area (Å²) in [7, 11) is 0. The van der Waals surface area contributed by atoms with Crippen molar-refractivity contribution in [2.24, 2.45) is 0 Å². The molecule has 39 heavy (non-hydrogen) atoms. The zero-order chi connectivity index (χ0) is 27.6. The molecule has 192 valence electrons. The molecule has 5 aromatic rings. The van der Waals surface area contributed by atoms with Gasteiger partial charge in [0.1, 0.15) is 5.82 Å². The zero-order valence-corrected chi connectivity index (χ0v) is 23.3. The second-order valence-electron chi connectivity index (χ2n) is 10.6. The molecule has 0 radical (unpaired) electrons. The van der Waals surface area contributed by atoms with Crippen LogP contribution in [0.25, 0.3) is 28.7 Å². The van der Waals surface area contributed by atoms with Crippen LogP contribution < -0.4 is 5.56 Å². The Morgan fingerprint density at radius 3 is 2.26 bits per heavy atom. The van der Waals surface area contributed by atoms with Crippen LogP contribution in [0.15, 0.2) is 95.8 Å². The lowest BCUT2D eigenvalue weighted by Crippen LogP contribution is -2.23. The minimum Gasteiger partial charge on any atom is -0.268 e. The Balaban J connectivity index is 1.55. The summed E-state index contributed by atoms with van der Waals surface area (Å²) in [6.07, 6.45) is 3.77. The van der Waals surface area contributed by atoms with Gasteiger partial charge < -0.3 is 0 Å². The Morgan fingerprint density at radius 1 is 0.821 bits per heavy atom. The smallest absolute Gasteiger partial charge is 0.266 e. The third-order valence-corrected chi connectivity index (χ3v) is 6.85. The number of nitrogens with zero attached hydrogens (tertiary/aromatic N) is 2. The summed E-state index contributed by atoms with van der Waals surface area (Å²) in [6, 6.07) is 29.3. The Kier molecular flexibility index (Phi) is 7.24. The zero-order valence-electron chi connectivity index (χ0n) is 22.5. The van der Waals surface area contributed by atoms with E-state index in [0.717, 1.165) is 27.9 Å². The maximum atomic E-state index is 13.7. The number of halogens is 1. The van der Waals surface area contributed by atoms with Gasteiger partial charge in [-0.05, 0) is 89.7 Å². The van der Waals surface area contributed by atoms with Crippen LogP contribution in [-0.2, 0) is 5.41 Å². The maximum Gasteiger partial charge on any atom is 0.266 e. The maximum absolute atomic E-state index is 13.7. The molecule has 0 aliphatic heterocycles. The van der Waals surface area contributed by atoms with Crippen LogP contribution in [0.5, 0.6) is 0 Å². The predicted octanol–water partition coefficient (Wildman–Crippen LogP) is 8.22. The van der Waals surface area contributed by atoms with Gasteiger partial charge >= 0.3 is 0 Å². The molecule has 0 unspecified atom stereocenters. The molecule has 0 saturated carbocycles. The number of hydrogen-bond acceptors (Lipinski definition) is 2. The molecular formula is C35H29ClN2O. The highest BCUT2D eigenvalue weighted by atomic mass is 35.5. The van der Waals surface area contributed by atoms with Gasteiger partial charge in [0.25, 0.3) is 5.56 Å². The summed E-state index contributed by atoms with van der Waals surface area (Å²) >= 11 is 6.17. The fraction of sp³-hybridized carbons (Fsp3) is 0.143. The second-order valence-corrected chi connectivity index (χ2v) is 11.0. The quantitative estimate of drug-likeness (QED) is 0.221. The number of fused-ring (bicyclic) bond motifs is 1. The lowest BCUT2D eigenvalue weighted by Gasteiger charge is -2.18. The molecule has 0 atom stereocenters. The molecule has 0 N–H and O–H groups in total. The van der Waals surface area contributed by atoms with Gasteiger partial charge in [0.15, 0.2) is 0 Å². The first-order valence-corrected chi connectivity index (χ1v) is 13.3. The Morgan fingerprint density at radius 2 is 1.54 bits per heavy atom. The predicted molar refractivity (Wildman–Crippen MR) is 164 cm³/mol. The van der Waals surface area contributed by atoms with Gasteiger partial charge in [0.05, 0.1) is 16.6 Å². The second kappa shape index (κ2) is 10.8. The van der Waals surface area contributed by atoms with Gasteiger partial charge in [0.2, 0.25) is 0 Å². The molecule has 0 bridgehead atoms. The third kappa shape index (κ3) is 5.87. The molecule has 4 aromatic carbocycles. The lowest BCUT2D eigenvalue weighted by atomic mass is 9.87. The fourth-order valence-corrected chi connectivity index (χ4v) is 4.66. The lowest BCUT2D eigenvalue weighted by molar-refractivity contribution is 0.590. The van der Waals surface area contributed by atoms with Crippen LogP contribution in [0.1, 0.15) is 54.4 Å². The first-order chi connectivity index (χ1) is 18.7. The van der Waals surface area contributed by atoms with E-state index in [0.29, 0.717) is 21.7 Å². The molecule has 0 saturated heterocycles. The van der Waals surface area contributed by atoms with E-state index in [1.807, 2.05) is 85.8 Å². The highest BCUT2D eigenvalue weighted by Gasteiger charge is 2.14. The largest absolute Gasteiger partial charge is 0.268 e. The Labute approximate surface area is 234 Å². The van der Waals surface area contributed by atoms with Crippen molar-refractivity contribution in [1.29, 1.82) is 0 Å². The van der Waals surface area contributed by atoms with Gasteiger partial charge in [-0.3, -0.25) is 9.36 Å². The molecule has 0 spiro atoms. The number of benzene rings is 4. The fourth-order valence-electron chi connectivity index (χ4n) is 4.46. The summed E-state index contributed by atoms with van der Waals surface area (Å²) < 4.78 is 1.67. The molecule has 0 fully saturated rings. The minimum absolute atomic E-state index is 0.108. The molecule has 5 rings (SSSR count). The van der Waals surface area contributed by atoms with Crippen LogP contribution in [0, 0.1) is 18.8 Å². The highest BCUT2D eigenvalue weighted by molar-refractivity contribution is 6.30. The van der Waals surface area contributed by atoms with Gasteiger partial charge in [-0.15, -0.1) is 0 Å². The summed E-state index contributed by atoms with van der Waals surface area (Å²) in [5, 5.41) is 1.22. The van der Waals surface area contributed by atoms with E-state index in [2.05, 4.69) is 56.9 Å². The SMILES string of the molecule is Cc1cc(C#Cc2ccc(C(C)(C)C)cc2)ccc1-n1c(/C=C/c2cccc(Cl)c2)nc2ccccc2c1=O. The van der Waals surface area contributed by atoms with Gasteiger partial charge in [-0.25, -0.2) is 4.98 Å². The molecule has 0 amide bonds. The number of rotatable bonds is 3. The number of aryl methyl sites for hydroxylation is 1. The minimum atomic E-state index is -0.118. The molecule has 1 aromatic heterocycles. The number of para-hydroxylation sites is 1. The topological polar surface area (TPSA) is 34.9 Å². The van der Waals surface area contributed by atoms with Crippen molar-refractivity contribution < 1.29 is 0 Å². The average molecular weight is 529 g/mol. The van der Waals surface area contributed by atoms with Crippen molar-refractivity contribution in [2.45, 2.75) is 33.1 Å². The normalized spacial score (nSPS) is 11.5. The van der Waals surface area contributed by atoms with Crippen molar-refractivity contribution in [2.75, 3.05) is 0 Å². The van der Waals surface area contributed by atoms with Gasteiger partial charge in [-0.1, -0.05) is 86.7 Å². The van der Waals surface area contributed by atoms with Crippen molar-refractivity contribution in [3.63, 3.8) is 0 Å². The molecule has 0 aliphatic carbocycles. The van der Waals surface area contributed by atoms with E-state index in [1.165, 1.54) is 5.56 Å². The van der Waals surface area contributed by atoms with E-state index in [-0.39, 0.29) is 11.0 Å². The monoisotopic (exact) mass is 528 g/mol. The molecule has 0 aliphatic rings. The Hall–Kier alpha value is -4.39. The van der Waals surface area contributed by atoms with Crippen molar-refractivity contribution in [3.8, 4) is 17.5 Å². The van der Waals surface area contributed by atoms with E-state index >= 15 is 0 Å². The van der Waals surface area contributed by atoms with Gasteiger partial charge in [0, 0.05) is 16.1 Å². The molecule has 1 heterocycles. The number of aromatic nitrogens is 2. The summed E-state index contributed by atoms with van der Waals surface area (Å²) in [5.74, 6) is 7.07. The highest BCUT2D eigenvalue weighted by Crippen LogP contribution is 2.23. The number of hydrogen-bond donors (Lipinski definition) is 0. The Bertz CT molecular complexity index is 1830. The van der Waals surface area contributed by atoms with Crippen molar-refractivity contribution >= 4 is 34.7 Å². The molecule has 3 nitrogen and oxygen atoms in total. The molecular weight excluding hydrogens is 500 g/mol. The van der Waals surface area contributed by atoms with Crippen molar-refractivity contribution in [1.82, 2.24) is 9.55 Å². The van der Waals surface area contributed by atoms with Gasteiger partial charge in [-0.2, -0.15) is 0 Å². The molecule has 4 heteroatoms. The van der Waals surface area contributed by atoms with Crippen LogP contribution in [0.4, 0.5) is 0 Å². The van der Waals surface area contributed by atoms with Crippen LogP contribution in [0.3, 0.4) is 0 Å². The summed E-state index contributed by atoms with van der Waals surface area (Å²) in [6.45, 7) is 8.59. The van der Waals surface area contributed by atoms with Crippen LogP contribution in [-0.4, -0.2) is 9.55 Å². The third-order valence-electron chi connectivity index (χ3n) is 6.61.